The van der Waals surface area contributed by atoms with Crippen LogP contribution in [0.1, 0.15) is 39.0 Å². The van der Waals surface area contributed by atoms with Gasteiger partial charge in [0.25, 0.3) is 0 Å². The molecular weight excluding hydrogens is 226 g/mol. The Morgan fingerprint density at radius 2 is 1.94 bits per heavy atom. The van der Waals surface area contributed by atoms with Crippen LogP contribution in [-0.2, 0) is 4.79 Å². The monoisotopic (exact) mass is 253 g/mol. The van der Waals surface area contributed by atoms with Crippen molar-refractivity contribution in [2.24, 2.45) is 0 Å². The molecule has 4 nitrogen and oxygen atoms in total. The molecule has 2 fully saturated rings. The van der Waals surface area contributed by atoms with E-state index in [2.05, 4.69) is 29.1 Å². The summed E-state index contributed by atoms with van der Waals surface area (Å²) in [7, 11) is 2.10. The zero-order valence-corrected chi connectivity index (χ0v) is 11.8. The molecule has 2 saturated heterocycles. The first-order chi connectivity index (χ1) is 8.70. The van der Waals surface area contributed by atoms with Crippen LogP contribution in [0.25, 0.3) is 0 Å². The molecule has 0 radical (unpaired) electrons. The molecule has 4 heteroatoms. The predicted molar refractivity (Wildman–Crippen MR) is 73.5 cm³/mol. The lowest BCUT2D eigenvalue weighted by atomic mass is 10.1. The van der Waals surface area contributed by atoms with Crippen LogP contribution in [0.3, 0.4) is 0 Å². The lowest BCUT2D eigenvalue weighted by molar-refractivity contribution is -0.136. The summed E-state index contributed by atoms with van der Waals surface area (Å²) in [4.78, 5) is 16.8. The predicted octanol–water partition coefficient (Wildman–Crippen LogP) is 1.07. The summed E-state index contributed by atoms with van der Waals surface area (Å²) in [6, 6.07) is 0.545. The van der Waals surface area contributed by atoms with Gasteiger partial charge in [-0.2, -0.15) is 0 Å². The van der Waals surface area contributed by atoms with Crippen LogP contribution in [0.2, 0.25) is 0 Å². The third-order valence-electron chi connectivity index (χ3n) is 4.50. The highest BCUT2D eigenvalue weighted by molar-refractivity contribution is 5.81. The minimum atomic E-state index is 0.0213. The van der Waals surface area contributed by atoms with E-state index in [0.29, 0.717) is 11.9 Å². The first-order valence-corrected chi connectivity index (χ1v) is 7.41. The Balaban J connectivity index is 1.89. The molecule has 0 bridgehead atoms. The molecule has 2 heterocycles. The molecule has 2 aliphatic heterocycles. The van der Waals surface area contributed by atoms with Gasteiger partial charge >= 0.3 is 0 Å². The van der Waals surface area contributed by atoms with Gasteiger partial charge in [-0.1, -0.05) is 12.8 Å². The maximum Gasteiger partial charge on any atom is 0.239 e. The average Bonchev–Trinajstić information content (AvgIpc) is 2.78. The number of rotatable bonds is 3. The number of likely N-dealkylation sites (N-methyl/N-ethyl adjacent to an activating group) is 1. The molecular formula is C14H27N3O. The van der Waals surface area contributed by atoms with Gasteiger partial charge < -0.3 is 10.2 Å². The number of carbonyl (C=O) groups is 1. The van der Waals surface area contributed by atoms with Gasteiger partial charge in [0.05, 0.1) is 6.04 Å². The zero-order chi connectivity index (χ0) is 13.0. The second kappa shape index (κ2) is 6.53. The third kappa shape index (κ3) is 3.23. The molecule has 0 aromatic rings. The molecule has 0 aromatic heterocycles. The van der Waals surface area contributed by atoms with Gasteiger partial charge in [-0.05, 0) is 39.8 Å². The van der Waals surface area contributed by atoms with E-state index in [-0.39, 0.29) is 6.04 Å². The summed E-state index contributed by atoms with van der Waals surface area (Å²) in [5.74, 6) is 0.325. The van der Waals surface area contributed by atoms with Crippen LogP contribution in [0.15, 0.2) is 0 Å². The maximum absolute atomic E-state index is 12.5. The zero-order valence-electron chi connectivity index (χ0n) is 11.8. The van der Waals surface area contributed by atoms with Crippen molar-refractivity contribution in [2.45, 2.75) is 51.1 Å². The minimum absolute atomic E-state index is 0.0213. The van der Waals surface area contributed by atoms with E-state index >= 15 is 0 Å². The van der Waals surface area contributed by atoms with E-state index in [1.807, 2.05) is 0 Å². The van der Waals surface area contributed by atoms with Gasteiger partial charge in [-0.15, -0.1) is 0 Å². The van der Waals surface area contributed by atoms with Crippen LogP contribution >= 0.6 is 0 Å². The van der Waals surface area contributed by atoms with Crippen LogP contribution in [0.5, 0.6) is 0 Å². The van der Waals surface area contributed by atoms with Crippen molar-refractivity contribution >= 4 is 5.91 Å². The van der Waals surface area contributed by atoms with E-state index in [1.54, 1.807) is 0 Å². The maximum atomic E-state index is 12.5. The fraction of sp³-hybridized carbons (Fsp3) is 0.929. The second-order valence-corrected chi connectivity index (χ2v) is 5.73. The Kier molecular flexibility index (Phi) is 5.01. The highest BCUT2D eigenvalue weighted by atomic mass is 16.2. The fourth-order valence-electron chi connectivity index (χ4n) is 3.03. The summed E-state index contributed by atoms with van der Waals surface area (Å²) < 4.78 is 0. The van der Waals surface area contributed by atoms with E-state index < -0.39 is 0 Å². The van der Waals surface area contributed by atoms with Gasteiger partial charge in [0.2, 0.25) is 5.91 Å². The summed E-state index contributed by atoms with van der Waals surface area (Å²) in [6.45, 7) is 6.08. The summed E-state index contributed by atoms with van der Waals surface area (Å²) in [5, 5.41) is 3.37. The summed E-state index contributed by atoms with van der Waals surface area (Å²) in [5.41, 5.74) is 0. The Hall–Kier alpha value is -0.610. The molecule has 1 N–H and O–H groups in total. The van der Waals surface area contributed by atoms with Gasteiger partial charge in [0.1, 0.15) is 0 Å². The van der Waals surface area contributed by atoms with Crippen molar-refractivity contribution in [3.63, 3.8) is 0 Å². The summed E-state index contributed by atoms with van der Waals surface area (Å²) >= 11 is 0. The van der Waals surface area contributed by atoms with Crippen LogP contribution in [0, 0.1) is 0 Å². The third-order valence-corrected chi connectivity index (χ3v) is 4.50. The molecule has 2 unspecified atom stereocenters. The molecule has 0 spiro atoms. The Labute approximate surface area is 111 Å². The standard InChI is InChI=1S/C14H27N3O/c1-12(16(2)13-7-8-15-11-13)14(18)17-9-5-3-4-6-10-17/h12-13,15H,3-11H2,1-2H3. The van der Waals surface area contributed by atoms with Gasteiger partial charge in [0, 0.05) is 25.7 Å². The molecule has 2 rings (SSSR count). The number of hydrogen-bond donors (Lipinski definition) is 1. The molecule has 0 aromatic carbocycles. The minimum Gasteiger partial charge on any atom is -0.341 e. The fourth-order valence-corrected chi connectivity index (χ4v) is 3.03. The first kappa shape index (κ1) is 13.8. The SMILES string of the molecule is CC(C(=O)N1CCCCCC1)N(C)C1CCNC1. The topological polar surface area (TPSA) is 35.6 Å². The molecule has 18 heavy (non-hydrogen) atoms. The van der Waals surface area contributed by atoms with Crippen LogP contribution in [0.4, 0.5) is 0 Å². The molecule has 2 aliphatic rings. The number of amides is 1. The summed E-state index contributed by atoms with van der Waals surface area (Å²) in [6.07, 6.45) is 6.07. The van der Waals surface area contributed by atoms with E-state index in [9.17, 15) is 4.79 Å². The first-order valence-electron chi connectivity index (χ1n) is 7.41. The lowest BCUT2D eigenvalue weighted by Gasteiger charge is -2.33. The second-order valence-electron chi connectivity index (χ2n) is 5.73. The molecule has 0 aliphatic carbocycles. The van der Waals surface area contributed by atoms with Gasteiger partial charge in [0.15, 0.2) is 0 Å². The van der Waals surface area contributed by atoms with Crippen LogP contribution in [-0.4, -0.2) is 61.0 Å². The quantitative estimate of drug-likeness (QED) is 0.817. The Morgan fingerprint density at radius 1 is 1.28 bits per heavy atom. The van der Waals surface area contributed by atoms with E-state index in [4.69, 9.17) is 0 Å². The average molecular weight is 253 g/mol. The Bertz CT molecular complexity index is 268. The van der Waals surface area contributed by atoms with Crippen molar-refractivity contribution in [1.82, 2.24) is 15.1 Å². The molecule has 2 atom stereocenters. The van der Waals surface area contributed by atoms with Gasteiger partial charge in [-0.3, -0.25) is 9.69 Å². The van der Waals surface area contributed by atoms with Crippen molar-refractivity contribution in [1.29, 1.82) is 0 Å². The number of nitrogens with one attached hydrogen (secondary N) is 1. The molecule has 104 valence electrons. The largest absolute Gasteiger partial charge is 0.341 e. The molecule has 0 saturated carbocycles. The number of carbonyl (C=O) groups excluding carboxylic acids is 1. The Morgan fingerprint density at radius 3 is 2.50 bits per heavy atom. The van der Waals surface area contributed by atoms with Crippen molar-refractivity contribution < 1.29 is 4.79 Å². The van der Waals surface area contributed by atoms with E-state index in [0.717, 1.165) is 32.6 Å². The number of likely N-dealkylation sites (tertiary alicyclic amines) is 1. The van der Waals surface area contributed by atoms with Crippen molar-refractivity contribution in [2.75, 3.05) is 33.2 Å². The van der Waals surface area contributed by atoms with Crippen molar-refractivity contribution in [3.05, 3.63) is 0 Å². The number of hydrogen-bond acceptors (Lipinski definition) is 3. The van der Waals surface area contributed by atoms with Gasteiger partial charge in [-0.25, -0.2) is 0 Å². The van der Waals surface area contributed by atoms with E-state index in [1.165, 1.54) is 25.7 Å². The molecule has 1 amide bonds. The lowest BCUT2D eigenvalue weighted by Crippen LogP contribution is -2.50. The normalized spacial score (nSPS) is 27.3. The van der Waals surface area contributed by atoms with Crippen molar-refractivity contribution in [3.8, 4) is 0 Å². The smallest absolute Gasteiger partial charge is 0.239 e. The number of nitrogens with zero attached hydrogens (tertiary/aromatic N) is 2. The highest BCUT2D eigenvalue weighted by Crippen LogP contribution is 2.15. The van der Waals surface area contributed by atoms with Crippen LogP contribution < -0.4 is 5.32 Å². The highest BCUT2D eigenvalue weighted by Gasteiger charge is 2.29.